The Labute approximate surface area is 153 Å². The molecule has 0 N–H and O–H groups in total. The molecule has 0 bridgehead atoms. The van der Waals surface area contributed by atoms with Crippen molar-refractivity contribution in [2.75, 3.05) is 0 Å². The molecule has 23 heavy (non-hydrogen) atoms. The van der Waals surface area contributed by atoms with Gasteiger partial charge in [0.1, 0.15) is 0 Å². The third-order valence-corrected chi connectivity index (χ3v) is 6.65. The van der Waals surface area contributed by atoms with Crippen molar-refractivity contribution in [1.82, 2.24) is 0 Å². The number of ketones is 1. The molecule has 1 aliphatic rings. The molecule has 0 saturated heterocycles. The highest BCUT2D eigenvalue weighted by Crippen LogP contribution is 2.49. The van der Waals surface area contributed by atoms with Crippen molar-refractivity contribution < 1.29 is 4.79 Å². The Kier molecular flexibility index (Phi) is 2.88. The minimum Gasteiger partial charge on any atom is -0.289 e. The molecule has 0 atom stereocenters. The molecular formula is C19H8Br2OS. The highest BCUT2D eigenvalue weighted by atomic mass is 79.9. The molecule has 0 radical (unpaired) electrons. The minimum absolute atomic E-state index is 0.108. The van der Waals surface area contributed by atoms with Crippen molar-refractivity contribution in [3.05, 3.63) is 68.6 Å². The van der Waals surface area contributed by atoms with E-state index >= 15 is 0 Å². The van der Waals surface area contributed by atoms with E-state index in [1.54, 1.807) is 11.3 Å². The molecule has 110 valence electrons. The molecule has 5 rings (SSSR count). The average molecular weight is 444 g/mol. The molecular weight excluding hydrogens is 436 g/mol. The fourth-order valence-corrected chi connectivity index (χ4v) is 5.79. The number of rotatable bonds is 0. The molecule has 0 amide bonds. The van der Waals surface area contributed by atoms with Gasteiger partial charge in [0.05, 0.1) is 0 Å². The Bertz CT molecular complexity index is 1160. The topological polar surface area (TPSA) is 17.1 Å². The lowest BCUT2D eigenvalue weighted by Gasteiger charge is -2.04. The van der Waals surface area contributed by atoms with Crippen molar-refractivity contribution in [2.24, 2.45) is 0 Å². The van der Waals surface area contributed by atoms with Crippen LogP contribution in [0.25, 0.3) is 31.3 Å². The Hall–Kier alpha value is -1.49. The van der Waals surface area contributed by atoms with Gasteiger partial charge in [0.15, 0.2) is 5.78 Å². The number of benzene rings is 3. The molecule has 1 aliphatic carbocycles. The van der Waals surface area contributed by atoms with Gasteiger partial charge in [-0.2, -0.15) is 0 Å². The number of carbonyl (C=O) groups is 1. The number of fused-ring (bicyclic) bond motifs is 7. The highest BCUT2D eigenvalue weighted by Gasteiger charge is 2.30. The van der Waals surface area contributed by atoms with Gasteiger partial charge in [-0.3, -0.25) is 4.79 Å². The Morgan fingerprint density at radius 3 is 2.57 bits per heavy atom. The van der Waals surface area contributed by atoms with Crippen LogP contribution in [0.5, 0.6) is 0 Å². The fourth-order valence-electron chi connectivity index (χ4n) is 3.37. The second-order valence-electron chi connectivity index (χ2n) is 5.60. The fraction of sp³-hybridized carbons (Fsp3) is 0. The predicted molar refractivity (Wildman–Crippen MR) is 104 cm³/mol. The zero-order valence-electron chi connectivity index (χ0n) is 11.7. The van der Waals surface area contributed by atoms with E-state index in [2.05, 4.69) is 56.1 Å². The lowest BCUT2D eigenvalue weighted by atomic mass is 10.0. The summed E-state index contributed by atoms with van der Waals surface area (Å²) in [6.45, 7) is 0. The van der Waals surface area contributed by atoms with E-state index in [1.807, 2.05) is 24.3 Å². The predicted octanol–water partition coefficient (Wildman–Crippen LogP) is 6.79. The zero-order chi connectivity index (χ0) is 15.7. The van der Waals surface area contributed by atoms with Crippen LogP contribution in [0.4, 0.5) is 0 Å². The van der Waals surface area contributed by atoms with Gasteiger partial charge in [0.25, 0.3) is 0 Å². The van der Waals surface area contributed by atoms with E-state index in [4.69, 9.17) is 0 Å². The summed E-state index contributed by atoms with van der Waals surface area (Å²) in [5.41, 5.74) is 3.70. The first-order chi connectivity index (χ1) is 11.1. The maximum Gasteiger partial charge on any atom is 0.194 e. The summed E-state index contributed by atoms with van der Waals surface area (Å²) in [6, 6.07) is 16.3. The summed E-state index contributed by atoms with van der Waals surface area (Å²) in [6.07, 6.45) is 0. The van der Waals surface area contributed by atoms with E-state index in [9.17, 15) is 4.79 Å². The molecule has 0 spiro atoms. The Balaban J connectivity index is 2.02. The van der Waals surface area contributed by atoms with E-state index < -0.39 is 0 Å². The van der Waals surface area contributed by atoms with Gasteiger partial charge in [0, 0.05) is 45.8 Å². The van der Waals surface area contributed by atoms with Crippen molar-refractivity contribution in [2.45, 2.75) is 0 Å². The molecule has 3 aromatic carbocycles. The number of carbonyl (C=O) groups excluding carboxylic acids is 1. The molecule has 1 heterocycles. The zero-order valence-corrected chi connectivity index (χ0v) is 15.7. The van der Waals surface area contributed by atoms with Crippen LogP contribution in [0.2, 0.25) is 0 Å². The molecule has 0 aliphatic heterocycles. The summed E-state index contributed by atoms with van der Waals surface area (Å²) >= 11 is 8.91. The van der Waals surface area contributed by atoms with E-state index in [1.165, 1.54) is 20.2 Å². The van der Waals surface area contributed by atoms with Gasteiger partial charge < -0.3 is 0 Å². The van der Waals surface area contributed by atoms with Crippen LogP contribution in [0, 0.1) is 0 Å². The Morgan fingerprint density at radius 2 is 1.70 bits per heavy atom. The van der Waals surface area contributed by atoms with Crippen LogP contribution in [0.3, 0.4) is 0 Å². The molecule has 0 unspecified atom stereocenters. The first-order valence-electron chi connectivity index (χ1n) is 7.13. The van der Waals surface area contributed by atoms with Crippen LogP contribution in [0.15, 0.2) is 57.5 Å². The smallest absolute Gasteiger partial charge is 0.194 e. The molecule has 1 nitrogen and oxygen atoms in total. The second-order valence-corrected chi connectivity index (χ2v) is 8.42. The third kappa shape index (κ3) is 1.80. The van der Waals surface area contributed by atoms with Gasteiger partial charge in [-0.1, -0.05) is 56.1 Å². The maximum atomic E-state index is 12.8. The van der Waals surface area contributed by atoms with Gasteiger partial charge in [-0.15, -0.1) is 11.3 Å². The minimum atomic E-state index is 0.108. The van der Waals surface area contributed by atoms with Crippen molar-refractivity contribution in [1.29, 1.82) is 0 Å². The van der Waals surface area contributed by atoms with Gasteiger partial charge in [-0.05, 0) is 29.8 Å². The normalized spacial score (nSPS) is 12.9. The van der Waals surface area contributed by atoms with Crippen LogP contribution in [0.1, 0.15) is 15.9 Å². The standard InChI is InChI=1S/C19H8Br2OS/c20-9-5-6-10-12(7-9)18(22)13-8-14(21)17-11-3-1-2-4-15(11)23-19(17)16(10)13/h1-8H. The lowest BCUT2D eigenvalue weighted by molar-refractivity contribution is 0.104. The van der Waals surface area contributed by atoms with Gasteiger partial charge >= 0.3 is 0 Å². The summed E-state index contributed by atoms with van der Waals surface area (Å²) in [4.78, 5) is 12.8. The molecule has 0 saturated carbocycles. The van der Waals surface area contributed by atoms with Crippen molar-refractivity contribution in [3.8, 4) is 11.1 Å². The largest absolute Gasteiger partial charge is 0.289 e. The quantitative estimate of drug-likeness (QED) is 0.257. The summed E-state index contributed by atoms with van der Waals surface area (Å²) in [7, 11) is 0. The lowest BCUT2D eigenvalue weighted by Crippen LogP contribution is -1.95. The van der Waals surface area contributed by atoms with Gasteiger partial charge in [-0.25, -0.2) is 0 Å². The van der Waals surface area contributed by atoms with Crippen molar-refractivity contribution in [3.63, 3.8) is 0 Å². The molecule has 1 aromatic heterocycles. The first kappa shape index (κ1) is 13.9. The third-order valence-electron chi connectivity index (χ3n) is 4.34. The van der Waals surface area contributed by atoms with Crippen LogP contribution >= 0.6 is 43.2 Å². The molecule has 0 fully saturated rings. The van der Waals surface area contributed by atoms with Crippen molar-refractivity contribution >= 4 is 69.2 Å². The number of halogens is 2. The highest BCUT2D eigenvalue weighted by molar-refractivity contribution is 9.11. The number of thiophene rings is 1. The van der Waals surface area contributed by atoms with Crippen LogP contribution < -0.4 is 0 Å². The molecule has 4 aromatic rings. The van der Waals surface area contributed by atoms with E-state index in [0.29, 0.717) is 0 Å². The van der Waals surface area contributed by atoms with Gasteiger partial charge in [0.2, 0.25) is 0 Å². The molecule has 4 heteroatoms. The average Bonchev–Trinajstić information content (AvgIpc) is 3.05. The van der Waals surface area contributed by atoms with Crippen LogP contribution in [-0.2, 0) is 0 Å². The number of hydrogen-bond acceptors (Lipinski definition) is 2. The monoisotopic (exact) mass is 442 g/mol. The summed E-state index contributed by atoms with van der Waals surface area (Å²) in [5.74, 6) is 0.108. The summed E-state index contributed by atoms with van der Waals surface area (Å²) < 4.78 is 4.35. The maximum absolute atomic E-state index is 12.8. The van der Waals surface area contributed by atoms with Crippen LogP contribution in [-0.4, -0.2) is 5.78 Å². The first-order valence-corrected chi connectivity index (χ1v) is 9.54. The van der Waals surface area contributed by atoms with E-state index in [0.717, 1.165) is 31.2 Å². The SMILES string of the molecule is O=C1c2cc(Br)ccc2-c2c1cc(Br)c1c2sc2ccccc21. The van der Waals surface area contributed by atoms with E-state index in [-0.39, 0.29) is 5.78 Å². The Morgan fingerprint density at radius 1 is 0.870 bits per heavy atom. The second kappa shape index (κ2) is 4.76. The summed E-state index contributed by atoms with van der Waals surface area (Å²) in [5, 5.41) is 2.44. The number of hydrogen-bond donors (Lipinski definition) is 0.